The lowest BCUT2D eigenvalue weighted by atomic mass is 10.0. The maximum Gasteiger partial charge on any atom is 0.417 e. The molecule has 0 aliphatic carbocycles. The van der Waals surface area contributed by atoms with Crippen molar-refractivity contribution in [3.8, 4) is 0 Å². The first-order valence-corrected chi connectivity index (χ1v) is 5.83. The summed E-state index contributed by atoms with van der Waals surface area (Å²) in [4.78, 5) is 14.4. The number of hydrogen-bond donors (Lipinski definition) is 0. The molecule has 1 rings (SSSR count). The highest BCUT2D eigenvalue weighted by Crippen LogP contribution is 2.40. The normalized spacial score (nSPS) is 12.0. The Morgan fingerprint density at radius 2 is 2.00 bits per heavy atom. The van der Waals surface area contributed by atoms with Crippen molar-refractivity contribution in [3.05, 3.63) is 28.6 Å². The van der Waals surface area contributed by atoms with Crippen molar-refractivity contribution in [2.45, 2.75) is 17.9 Å². The van der Waals surface area contributed by atoms with Gasteiger partial charge in [0.05, 0.1) is 16.8 Å². The molecule has 0 bridgehead atoms. The molecule has 0 amide bonds. The summed E-state index contributed by atoms with van der Waals surface area (Å²) in [6, 6.07) is 0. The van der Waals surface area contributed by atoms with Gasteiger partial charge in [0.15, 0.2) is 0 Å². The number of nitrogens with zero attached hydrogens (tertiary/aromatic N) is 1. The largest absolute Gasteiger partial charge is 0.417 e. The molecule has 0 saturated heterocycles. The zero-order valence-corrected chi connectivity index (χ0v) is 10.7. The van der Waals surface area contributed by atoms with Crippen LogP contribution in [0.2, 0.25) is 0 Å². The van der Waals surface area contributed by atoms with Gasteiger partial charge in [0.1, 0.15) is 0 Å². The molecule has 9 heteroatoms. The van der Waals surface area contributed by atoms with Crippen molar-refractivity contribution in [3.63, 3.8) is 0 Å². The van der Waals surface area contributed by atoms with E-state index in [2.05, 4.69) is 20.9 Å². The topological polar surface area (TPSA) is 30.0 Å². The fourth-order valence-corrected chi connectivity index (χ4v) is 1.98. The van der Waals surface area contributed by atoms with E-state index < -0.39 is 34.5 Å². The van der Waals surface area contributed by atoms with Crippen molar-refractivity contribution < 1.29 is 26.7 Å². The minimum absolute atomic E-state index is 0.215. The van der Waals surface area contributed by atoms with E-state index in [1.165, 1.54) is 0 Å². The van der Waals surface area contributed by atoms with Crippen LogP contribution in [0.5, 0.6) is 0 Å². The monoisotopic (exact) mass is 351 g/mol. The lowest BCUT2D eigenvalue weighted by molar-refractivity contribution is -0.139. The van der Waals surface area contributed by atoms with Crippen molar-refractivity contribution in [1.82, 2.24) is 4.98 Å². The third-order valence-electron chi connectivity index (χ3n) is 2.03. The molecule has 0 saturated carbocycles. The van der Waals surface area contributed by atoms with Crippen LogP contribution in [-0.2, 0) is 11.5 Å². The molecule has 18 heavy (non-hydrogen) atoms. The van der Waals surface area contributed by atoms with Crippen LogP contribution in [0, 0.1) is 0 Å². The standard InChI is InChI=1S/C9H4BrClF5NO/c10-1-4-5(7(11)18)6(9(14,15)16)3(2-17-4)8(12)13/h2,8H,1H2. The number of halogens is 7. The third-order valence-corrected chi connectivity index (χ3v) is 2.75. The van der Waals surface area contributed by atoms with E-state index in [-0.39, 0.29) is 11.0 Å². The Kier molecular flexibility index (Phi) is 4.66. The van der Waals surface area contributed by atoms with Crippen LogP contribution in [0.4, 0.5) is 22.0 Å². The van der Waals surface area contributed by atoms with E-state index in [1.807, 2.05) is 0 Å². The van der Waals surface area contributed by atoms with Gasteiger partial charge < -0.3 is 0 Å². The molecule has 0 atom stereocenters. The van der Waals surface area contributed by atoms with Crippen molar-refractivity contribution >= 4 is 32.8 Å². The van der Waals surface area contributed by atoms with Gasteiger partial charge in [-0.2, -0.15) is 13.2 Å². The number of aromatic nitrogens is 1. The quantitative estimate of drug-likeness (QED) is 0.461. The second-order valence-corrected chi connectivity index (χ2v) is 4.02. The molecule has 100 valence electrons. The fraction of sp³-hybridized carbons (Fsp3) is 0.333. The van der Waals surface area contributed by atoms with Crippen LogP contribution in [0.15, 0.2) is 6.20 Å². The number of carbonyl (C=O) groups is 1. The fourth-order valence-electron chi connectivity index (χ4n) is 1.35. The van der Waals surface area contributed by atoms with E-state index in [1.54, 1.807) is 0 Å². The summed E-state index contributed by atoms with van der Waals surface area (Å²) < 4.78 is 63.3. The zero-order valence-electron chi connectivity index (χ0n) is 8.36. The lowest BCUT2D eigenvalue weighted by Gasteiger charge is -2.16. The van der Waals surface area contributed by atoms with Gasteiger partial charge in [0.2, 0.25) is 0 Å². The minimum atomic E-state index is -5.12. The van der Waals surface area contributed by atoms with E-state index >= 15 is 0 Å². The number of carbonyl (C=O) groups excluding carboxylic acids is 1. The number of alkyl halides is 6. The second-order valence-electron chi connectivity index (χ2n) is 3.12. The predicted molar refractivity (Wildman–Crippen MR) is 57.0 cm³/mol. The highest BCUT2D eigenvalue weighted by atomic mass is 79.9. The van der Waals surface area contributed by atoms with Gasteiger partial charge in [0, 0.05) is 17.1 Å². The summed E-state index contributed by atoms with van der Waals surface area (Å²) >= 11 is 7.84. The van der Waals surface area contributed by atoms with Gasteiger partial charge in [-0.1, -0.05) is 15.9 Å². The van der Waals surface area contributed by atoms with Crippen LogP contribution in [0.25, 0.3) is 0 Å². The average Bonchev–Trinajstić information content (AvgIpc) is 2.25. The summed E-state index contributed by atoms with van der Waals surface area (Å²) in [6.45, 7) is 0. The Morgan fingerprint density at radius 1 is 1.44 bits per heavy atom. The van der Waals surface area contributed by atoms with Crippen molar-refractivity contribution in [2.24, 2.45) is 0 Å². The molecule has 0 unspecified atom stereocenters. The first kappa shape index (κ1) is 15.3. The first-order valence-electron chi connectivity index (χ1n) is 4.33. The Balaban J connectivity index is 3.71. The molecule has 0 N–H and O–H groups in total. The van der Waals surface area contributed by atoms with Crippen LogP contribution in [0.1, 0.15) is 33.6 Å². The SMILES string of the molecule is O=C(Cl)c1c(CBr)ncc(C(F)F)c1C(F)(F)F. The summed E-state index contributed by atoms with van der Waals surface area (Å²) in [5.41, 5.74) is -4.48. The summed E-state index contributed by atoms with van der Waals surface area (Å²) in [5, 5.41) is -1.69. The maximum absolute atomic E-state index is 12.8. The number of pyridine rings is 1. The van der Waals surface area contributed by atoms with Gasteiger partial charge in [-0.25, -0.2) is 8.78 Å². The Hall–Kier alpha value is -0.760. The first-order chi connectivity index (χ1) is 8.20. The Bertz CT molecular complexity index is 477. The number of rotatable bonds is 3. The van der Waals surface area contributed by atoms with Crippen molar-refractivity contribution in [1.29, 1.82) is 0 Å². The van der Waals surface area contributed by atoms with E-state index in [0.29, 0.717) is 6.20 Å². The Morgan fingerprint density at radius 3 is 2.33 bits per heavy atom. The van der Waals surface area contributed by atoms with Crippen LogP contribution < -0.4 is 0 Å². The molecule has 0 aliphatic heterocycles. The molecule has 0 radical (unpaired) electrons. The van der Waals surface area contributed by atoms with Crippen LogP contribution >= 0.6 is 27.5 Å². The van der Waals surface area contributed by atoms with E-state index in [9.17, 15) is 26.7 Å². The molecule has 1 heterocycles. The molecule has 0 spiro atoms. The highest BCUT2D eigenvalue weighted by molar-refractivity contribution is 9.08. The summed E-state index contributed by atoms with van der Waals surface area (Å²) in [6.07, 6.45) is -8.13. The molecule has 0 aromatic carbocycles. The molecular formula is C9H4BrClF5NO. The number of hydrogen-bond acceptors (Lipinski definition) is 2. The van der Waals surface area contributed by atoms with Gasteiger partial charge in [-0.05, 0) is 11.6 Å². The zero-order chi connectivity index (χ0) is 14.1. The average molecular weight is 352 g/mol. The van der Waals surface area contributed by atoms with Gasteiger partial charge in [-0.15, -0.1) is 0 Å². The summed E-state index contributed by atoms with van der Waals surface area (Å²) in [7, 11) is 0. The molecular weight excluding hydrogens is 348 g/mol. The molecule has 0 fully saturated rings. The maximum atomic E-state index is 12.8. The minimum Gasteiger partial charge on any atom is -0.276 e. The molecule has 0 aliphatic rings. The van der Waals surface area contributed by atoms with E-state index in [4.69, 9.17) is 11.6 Å². The highest BCUT2D eigenvalue weighted by Gasteiger charge is 2.41. The third kappa shape index (κ3) is 2.97. The van der Waals surface area contributed by atoms with Crippen molar-refractivity contribution in [2.75, 3.05) is 0 Å². The molecule has 2 nitrogen and oxygen atoms in total. The second kappa shape index (κ2) is 5.48. The Labute approximate surface area is 111 Å². The lowest BCUT2D eigenvalue weighted by Crippen LogP contribution is -2.18. The van der Waals surface area contributed by atoms with Gasteiger partial charge in [0.25, 0.3) is 11.7 Å². The van der Waals surface area contributed by atoms with Crippen LogP contribution in [0.3, 0.4) is 0 Å². The van der Waals surface area contributed by atoms with Gasteiger partial charge >= 0.3 is 6.18 Å². The van der Waals surface area contributed by atoms with Crippen LogP contribution in [-0.4, -0.2) is 10.2 Å². The van der Waals surface area contributed by atoms with E-state index in [0.717, 1.165) is 0 Å². The molecule has 1 aromatic heterocycles. The summed E-state index contributed by atoms with van der Waals surface area (Å²) in [5.74, 6) is 0. The van der Waals surface area contributed by atoms with Gasteiger partial charge in [-0.3, -0.25) is 9.78 Å². The smallest absolute Gasteiger partial charge is 0.276 e. The molecule has 1 aromatic rings. The predicted octanol–water partition coefficient (Wildman–Crippen LogP) is 4.31.